The second kappa shape index (κ2) is 9.23. The number of nitrogens with zero attached hydrogens (tertiary/aromatic N) is 4. The zero-order valence-electron chi connectivity index (χ0n) is 19.4. The predicted molar refractivity (Wildman–Crippen MR) is 135 cm³/mol. The number of aromatic nitrogens is 1. The Bertz CT molecular complexity index is 1150. The fourth-order valence-electron chi connectivity index (χ4n) is 4.44. The van der Waals surface area contributed by atoms with Crippen molar-refractivity contribution in [3.63, 3.8) is 0 Å². The van der Waals surface area contributed by atoms with Gasteiger partial charge in [-0.05, 0) is 49.7 Å². The summed E-state index contributed by atoms with van der Waals surface area (Å²) >= 11 is 1.73. The molecule has 0 spiro atoms. The van der Waals surface area contributed by atoms with E-state index < -0.39 is 0 Å². The van der Waals surface area contributed by atoms with Gasteiger partial charge in [-0.15, -0.1) is 11.3 Å². The van der Waals surface area contributed by atoms with Gasteiger partial charge >= 0.3 is 0 Å². The fraction of sp³-hybridized carbons (Fsp3) is 0.385. The summed E-state index contributed by atoms with van der Waals surface area (Å²) in [5.41, 5.74) is 4.11. The van der Waals surface area contributed by atoms with Gasteiger partial charge in [-0.1, -0.05) is 38.1 Å². The van der Waals surface area contributed by atoms with Gasteiger partial charge in [0.1, 0.15) is 16.5 Å². The number of aryl methyl sites for hydroxylation is 1. The number of aliphatic imine (C=N–C) groups is 1. The SMILES string of the molecule is CC(C)c1nc2c(s1)Nc1ccccc1N=C2N1CCN(C)[C@@H](CCc2ccc(F)cc2)C1. The first-order chi connectivity index (χ1) is 16.0. The van der Waals surface area contributed by atoms with E-state index in [1.54, 1.807) is 23.5 Å². The van der Waals surface area contributed by atoms with Crippen LogP contribution in [-0.4, -0.2) is 53.3 Å². The summed E-state index contributed by atoms with van der Waals surface area (Å²) in [5, 5.41) is 5.79. The molecule has 1 atom stereocenters. The van der Waals surface area contributed by atoms with Crippen LogP contribution >= 0.6 is 11.3 Å². The summed E-state index contributed by atoms with van der Waals surface area (Å²) in [7, 11) is 2.20. The summed E-state index contributed by atoms with van der Waals surface area (Å²) in [4.78, 5) is 15.0. The molecule has 1 N–H and O–H groups in total. The Kier molecular flexibility index (Phi) is 6.17. The smallest absolute Gasteiger partial charge is 0.158 e. The number of nitrogens with one attached hydrogen (secondary N) is 1. The summed E-state index contributed by atoms with van der Waals surface area (Å²) in [6.07, 6.45) is 1.95. The second-order valence-corrected chi connectivity index (χ2v) is 10.2. The van der Waals surface area contributed by atoms with E-state index in [1.165, 1.54) is 5.56 Å². The molecule has 7 heteroatoms. The van der Waals surface area contributed by atoms with E-state index in [4.69, 9.17) is 9.98 Å². The Morgan fingerprint density at radius 1 is 1.12 bits per heavy atom. The Hall–Kier alpha value is -2.77. The van der Waals surface area contributed by atoms with E-state index >= 15 is 0 Å². The number of piperazine rings is 1. The van der Waals surface area contributed by atoms with Crippen molar-refractivity contribution in [3.8, 4) is 0 Å². The normalized spacial score (nSPS) is 18.4. The molecule has 3 heterocycles. The van der Waals surface area contributed by atoms with Gasteiger partial charge in [0.15, 0.2) is 5.84 Å². The molecular formula is C26H30FN5S. The van der Waals surface area contributed by atoms with E-state index in [9.17, 15) is 4.39 Å². The largest absolute Gasteiger partial charge is 0.352 e. The molecule has 3 aromatic rings. The third kappa shape index (κ3) is 4.66. The molecule has 2 aliphatic rings. The van der Waals surface area contributed by atoms with Crippen molar-refractivity contribution >= 4 is 33.5 Å². The lowest BCUT2D eigenvalue weighted by Gasteiger charge is -2.40. The Morgan fingerprint density at radius 2 is 1.91 bits per heavy atom. The van der Waals surface area contributed by atoms with Gasteiger partial charge in [0.25, 0.3) is 0 Å². The first-order valence-corrected chi connectivity index (χ1v) is 12.4. The van der Waals surface area contributed by atoms with Gasteiger partial charge in [0.05, 0.1) is 16.4 Å². The quantitative estimate of drug-likeness (QED) is 0.532. The third-order valence-electron chi connectivity index (χ3n) is 6.48. The highest BCUT2D eigenvalue weighted by Gasteiger charge is 2.31. The highest BCUT2D eigenvalue weighted by molar-refractivity contribution is 7.16. The Labute approximate surface area is 199 Å². The highest BCUT2D eigenvalue weighted by atomic mass is 32.1. The monoisotopic (exact) mass is 463 g/mol. The number of hydrogen-bond acceptors (Lipinski definition) is 6. The first-order valence-electron chi connectivity index (χ1n) is 11.6. The first kappa shape index (κ1) is 22.0. The molecular weight excluding hydrogens is 433 g/mol. The molecule has 1 fully saturated rings. The van der Waals surface area contributed by atoms with Crippen LogP contribution in [0, 0.1) is 5.82 Å². The molecule has 2 aliphatic heterocycles. The van der Waals surface area contributed by atoms with Gasteiger partial charge in [0, 0.05) is 31.6 Å². The van der Waals surface area contributed by atoms with Crippen LogP contribution in [0.3, 0.4) is 0 Å². The van der Waals surface area contributed by atoms with Gasteiger partial charge < -0.3 is 10.2 Å². The summed E-state index contributed by atoms with van der Waals surface area (Å²) in [6.45, 7) is 7.15. The van der Waals surface area contributed by atoms with Crippen molar-refractivity contribution in [2.75, 3.05) is 32.0 Å². The zero-order chi connectivity index (χ0) is 22.9. The molecule has 0 aliphatic carbocycles. The van der Waals surface area contributed by atoms with Crippen molar-refractivity contribution < 1.29 is 4.39 Å². The molecule has 0 saturated carbocycles. The molecule has 172 valence electrons. The molecule has 5 rings (SSSR count). The standard InChI is InChI=1S/C26H30FN5S/c1-17(2)25-30-23-24(28-21-6-4-5-7-22(21)29-26(23)33-25)32-15-14-31(3)20(16-32)13-10-18-8-11-19(27)12-9-18/h4-9,11-12,17,20,29H,10,13-16H2,1-3H3/t20-/m0/s1. The molecule has 0 radical (unpaired) electrons. The van der Waals surface area contributed by atoms with Crippen LogP contribution in [-0.2, 0) is 6.42 Å². The van der Waals surface area contributed by atoms with Crippen LogP contribution in [0.25, 0.3) is 0 Å². The number of para-hydroxylation sites is 2. The number of halogens is 1. The number of anilines is 2. The van der Waals surface area contributed by atoms with Crippen LogP contribution in [0.2, 0.25) is 0 Å². The molecule has 33 heavy (non-hydrogen) atoms. The summed E-state index contributed by atoms with van der Waals surface area (Å²) < 4.78 is 13.3. The van der Waals surface area contributed by atoms with Gasteiger partial charge in [-0.2, -0.15) is 0 Å². The lowest BCUT2D eigenvalue weighted by Crippen LogP contribution is -2.53. The number of benzene rings is 2. The number of amidine groups is 1. The van der Waals surface area contributed by atoms with Crippen molar-refractivity contribution in [1.29, 1.82) is 0 Å². The third-order valence-corrected chi connectivity index (χ3v) is 7.76. The van der Waals surface area contributed by atoms with Gasteiger partial charge in [0.2, 0.25) is 0 Å². The molecule has 0 bridgehead atoms. The second-order valence-electron chi connectivity index (χ2n) is 9.21. The van der Waals surface area contributed by atoms with Crippen molar-refractivity contribution in [3.05, 3.63) is 70.6 Å². The Balaban J connectivity index is 1.43. The molecule has 2 aromatic carbocycles. The van der Waals surface area contributed by atoms with E-state index in [-0.39, 0.29) is 5.82 Å². The lowest BCUT2D eigenvalue weighted by molar-refractivity contribution is 0.134. The minimum absolute atomic E-state index is 0.181. The topological polar surface area (TPSA) is 43.8 Å². The van der Waals surface area contributed by atoms with E-state index in [0.29, 0.717) is 12.0 Å². The lowest BCUT2D eigenvalue weighted by atomic mass is 10.0. The molecule has 0 amide bonds. The number of hydrogen-bond donors (Lipinski definition) is 1. The average Bonchev–Trinajstić information content (AvgIpc) is 3.16. The van der Waals surface area contributed by atoms with Crippen LogP contribution < -0.4 is 5.32 Å². The molecule has 5 nitrogen and oxygen atoms in total. The van der Waals surface area contributed by atoms with Crippen molar-refractivity contribution in [2.24, 2.45) is 4.99 Å². The van der Waals surface area contributed by atoms with E-state index in [1.807, 2.05) is 24.3 Å². The van der Waals surface area contributed by atoms with Crippen molar-refractivity contribution in [1.82, 2.24) is 14.8 Å². The van der Waals surface area contributed by atoms with Crippen LogP contribution in [0.15, 0.2) is 53.5 Å². The summed E-state index contributed by atoms with van der Waals surface area (Å²) in [5.74, 6) is 1.15. The average molecular weight is 464 g/mol. The van der Waals surface area contributed by atoms with Crippen LogP contribution in [0.1, 0.15) is 42.5 Å². The maximum absolute atomic E-state index is 13.3. The molecule has 1 aromatic heterocycles. The number of thiazole rings is 1. The Morgan fingerprint density at radius 3 is 2.70 bits per heavy atom. The van der Waals surface area contributed by atoms with E-state index in [0.717, 1.165) is 65.4 Å². The maximum atomic E-state index is 13.3. The van der Waals surface area contributed by atoms with Crippen LogP contribution in [0.4, 0.5) is 20.8 Å². The molecule has 0 unspecified atom stereocenters. The fourth-order valence-corrected chi connectivity index (χ4v) is 5.42. The van der Waals surface area contributed by atoms with Gasteiger partial charge in [-0.25, -0.2) is 14.4 Å². The highest BCUT2D eigenvalue weighted by Crippen LogP contribution is 2.39. The van der Waals surface area contributed by atoms with Gasteiger partial charge in [-0.3, -0.25) is 4.90 Å². The van der Waals surface area contributed by atoms with Crippen molar-refractivity contribution in [2.45, 2.75) is 38.6 Å². The number of likely N-dealkylation sites (N-methyl/N-ethyl adjacent to an activating group) is 1. The van der Waals surface area contributed by atoms with E-state index in [2.05, 4.69) is 48.1 Å². The predicted octanol–water partition coefficient (Wildman–Crippen LogP) is 5.79. The summed E-state index contributed by atoms with van der Waals surface area (Å²) in [6, 6.07) is 15.5. The minimum atomic E-state index is -0.181. The zero-order valence-corrected chi connectivity index (χ0v) is 20.2. The number of rotatable bonds is 4. The van der Waals surface area contributed by atoms with Crippen LogP contribution in [0.5, 0.6) is 0 Å². The maximum Gasteiger partial charge on any atom is 0.158 e. The molecule has 1 saturated heterocycles. The minimum Gasteiger partial charge on any atom is -0.352 e. The number of fused-ring (bicyclic) bond motifs is 2.